The second-order valence-electron chi connectivity index (χ2n) is 7.57. The van der Waals surface area contributed by atoms with E-state index in [1.807, 2.05) is 37.4 Å². The van der Waals surface area contributed by atoms with Crippen molar-refractivity contribution in [2.45, 2.75) is 19.9 Å². The van der Waals surface area contributed by atoms with Gasteiger partial charge >= 0.3 is 0 Å². The Balaban J connectivity index is 1.96. The van der Waals surface area contributed by atoms with Gasteiger partial charge in [-0.25, -0.2) is 0 Å². The molecule has 1 saturated heterocycles. The predicted molar refractivity (Wildman–Crippen MR) is 125 cm³/mol. The lowest BCUT2D eigenvalue weighted by molar-refractivity contribution is -0.132. The van der Waals surface area contributed by atoms with E-state index in [1.54, 1.807) is 30.3 Å². The fraction of sp³-hybridized carbons (Fsp3) is 0.200. The summed E-state index contributed by atoms with van der Waals surface area (Å²) in [7, 11) is 3.04. The lowest BCUT2D eigenvalue weighted by Gasteiger charge is -2.25. The Kier molecular flexibility index (Phi) is 5.76. The van der Waals surface area contributed by atoms with E-state index < -0.39 is 17.7 Å². The molecule has 1 N–H and O–H groups in total. The third-order valence-corrected chi connectivity index (χ3v) is 6.61. The van der Waals surface area contributed by atoms with Crippen LogP contribution in [0.4, 0.5) is 5.69 Å². The molecule has 1 fully saturated rings. The second kappa shape index (κ2) is 8.51. The zero-order valence-electron chi connectivity index (χ0n) is 18.2. The number of ketones is 1. The molecule has 3 aromatic rings. The van der Waals surface area contributed by atoms with Crippen LogP contribution in [0.2, 0.25) is 0 Å². The number of carbonyl (C=O) groups is 2. The molecule has 6 nitrogen and oxygen atoms in total. The summed E-state index contributed by atoms with van der Waals surface area (Å²) in [5.74, 6) is -0.671. The van der Waals surface area contributed by atoms with E-state index in [9.17, 15) is 14.7 Å². The molecule has 4 rings (SSSR count). The molecule has 1 aliphatic heterocycles. The summed E-state index contributed by atoms with van der Waals surface area (Å²) in [6.45, 7) is 3.86. The van der Waals surface area contributed by atoms with Crippen molar-refractivity contribution in [3.05, 3.63) is 81.1 Å². The van der Waals surface area contributed by atoms with Crippen molar-refractivity contribution in [3.8, 4) is 11.5 Å². The third kappa shape index (κ3) is 3.65. The third-order valence-electron chi connectivity index (χ3n) is 5.53. The number of aryl methyl sites for hydroxylation is 2. The van der Waals surface area contributed by atoms with Crippen LogP contribution in [0.15, 0.2) is 59.5 Å². The minimum atomic E-state index is -0.770. The summed E-state index contributed by atoms with van der Waals surface area (Å²) >= 11 is 1.43. The number of aliphatic hydroxyl groups excluding tert-OH is 1. The quantitative estimate of drug-likeness (QED) is 0.337. The lowest BCUT2D eigenvalue weighted by Crippen LogP contribution is -2.29. The van der Waals surface area contributed by atoms with Gasteiger partial charge in [-0.2, -0.15) is 0 Å². The molecule has 0 bridgehead atoms. The average Bonchev–Trinajstić information content (AvgIpc) is 3.33. The fourth-order valence-corrected chi connectivity index (χ4v) is 4.83. The van der Waals surface area contributed by atoms with Crippen LogP contribution < -0.4 is 14.4 Å². The number of hydrogen-bond acceptors (Lipinski definition) is 6. The summed E-state index contributed by atoms with van der Waals surface area (Å²) in [5.41, 5.74) is 2.94. The number of nitrogens with zero attached hydrogens (tertiary/aromatic N) is 1. The standard InChI is InChI=1S/C25H23NO5S/c1-14-5-7-16(8-6-14)22(27)20-21(24-15(2)9-10-32-24)26(25(29)23(20)28)17-11-18(30-3)13-19(12-17)31-4/h5-13,21,27H,1-4H3/b22-20-. The fourth-order valence-electron chi connectivity index (χ4n) is 3.81. The molecule has 1 aromatic heterocycles. The van der Waals surface area contributed by atoms with Gasteiger partial charge in [0.1, 0.15) is 23.3 Å². The van der Waals surface area contributed by atoms with E-state index in [2.05, 4.69) is 0 Å². The van der Waals surface area contributed by atoms with Gasteiger partial charge in [0, 0.05) is 28.6 Å². The van der Waals surface area contributed by atoms with Gasteiger partial charge in [0.2, 0.25) is 0 Å². The number of Topliss-reactive ketones (excluding diaryl/α,β-unsaturated/α-hetero) is 1. The maximum absolute atomic E-state index is 13.3. The van der Waals surface area contributed by atoms with E-state index in [-0.39, 0.29) is 11.3 Å². The Bertz CT molecular complexity index is 1200. The zero-order valence-corrected chi connectivity index (χ0v) is 19.0. The SMILES string of the molecule is COc1cc(OC)cc(N2C(=O)C(=O)/C(=C(\O)c3ccc(C)cc3)C2c2sccc2C)c1. The molecule has 0 radical (unpaired) electrons. The average molecular weight is 450 g/mol. The molecule has 0 aliphatic carbocycles. The van der Waals surface area contributed by atoms with Gasteiger partial charge in [0.25, 0.3) is 11.7 Å². The van der Waals surface area contributed by atoms with E-state index in [0.29, 0.717) is 22.7 Å². The highest BCUT2D eigenvalue weighted by Crippen LogP contribution is 2.46. The van der Waals surface area contributed by atoms with Crippen LogP contribution in [0.3, 0.4) is 0 Å². The first-order chi connectivity index (χ1) is 15.3. The van der Waals surface area contributed by atoms with Crippen LogP contribution in [0.5, 0.6) is 11.5 Å². The van der Waals surface area contributed by atoms with E-state index in [0.717, 1.165) is 16.0 Å². The van der Waals surface area contributed by atoms with Crippen LogP contribution in [0, 0.1) is 13.8 Å². The summed E-state index contributed by atoms with van der Waals surface area (Å²) in [6, 6.07) is 13.4. The number of methoxy groups -OCH3 is 2. The first-order valence-corrected chi connectivity index (χ1v) is 10.9. The van der Waals surface area contributed by atoms with Crippen molar-refractivity contribution >= 4 is 34.5 Å². The van der Waals surface area contributed by atoms with Gasteiger partial charge in [0.15, 0.2) is 0 Å². The Morgan fingerprint density at radius 1 is 0.969 bits per heavy atom. The smallest absolute Gasteiger partial charge is 0.300 e. The minimum absolute atomic E-state index is 0.0613. The normalized spacial score (nSPS) is 17.6. The maximum atomic E-state index is 13.3. The highest BCUT2D eigenvalue weighted by Gasteiger charge is 2.48. The molecule has 2 heterocycles. The van der Waals surface area contributed by atoms with Gasteiger partial charge < -0.3 is 14.6 Å². The molecule has 0 spiro atoms. The van der Waals surface area contributed by atoms with E-state index >= 15 is 0 Å². The number of thiophene rings is 1. The minimum Gasteiger partial charge on any atom is -0.507 e. The molecule has 164 valence electrons. The van der Waals surface area contributed by atoms with Gasteiger partial charge in [-0.1, -0.05) is 29.8 Å². The van der Waals surface area contributed by atoms with Crippen molar-refractivity contribution in [3.63, 3.8) is 0 Å². The number of aliphatic hydroxyl groups is 1. The van der Waals surface area contributed by atoms with Gasteiger partial charge in [-0.3, -0.25) is 14.5 Å². The molecule has 2 aromatic carbocycles. The van der Waals surface area contributed by atoms with Crippen molar-refractivity contribution in [2.24, 2.45) is 0 Å². The number of hydrogen-bond donors (Lipinski definition) is 1. The number of ether oxygens (including phenoxy) is 2. The number of rotatable bonds is 5. The van der Waals surface area contributed by atoms with Crippen molar-refractivity contribution in [2.75, 3.05) is 19.1 Å². The Morgan fingerprint density at radius 2 is 1.59 bits per heavy atom. The highest BCUT2D eigenvalue weighted by molar-refractivity contribution is 7.10. The van der Waals surface area contributed by atoms with E-state index in [4.69, 9.17) is 9.47 Å². The summed E-state index contributed by atoms with van der Waals surface area (Å²) in [4.78, 5) is 28.7. The molecule has 1 unspecified atom stereocenters. The number of benzene rings is 2. The summed E-state index contributed by atoms with van der Waals surface area (Å²) < 4.78 is 10.7. The summed E-state index contributed by atoms with van der Waals surface area (Å²) in [5, 5.41) is 13.1. The first-order valence-electron chi connectivity index (χ1n) is 10.0. The van der Waals surface area contributed by atoms with Crippen LogP contribution >= 0.6 is 11.3 Å². The van der Waals surface area contributed by atoms with Crippen molar-refractivity contribution in [1.29, 1.82) is 0 Å². The van der Waals surface area contributed by atoms with Crippen LogP contribution in [-0.4, -0.2) is 31.0 Å². The Hall–Kier alpha value is -3.58. The highest BCUT2D eigenvalue weighted by atomic mass is 32.1. The monoisotopic (exact) mass is 449 g/mol. The predicted octanol–water partition coefficient (Wildman–Crippen LogP) is 5.01. The van der Waals surface area contributed by atoms with Gasteiger partial charge in [0.05, 0.1) is 25.5 Å². The number of anilines is 1. The molecule has 1 atom stereocenters. The molecule has 1 aliphatic rings. The van der Waals surface area contributed by atoms with Crippen LogP contribution in [0.1, 0.15) is 27.6 Å². The molecular formula is C25H23NO5S. The largest absolute Gasteiger partial charge is 0.507 e. The van der Waals surface area contributed by atoms with Crippen LogP contribution in [-0.2, 0) is 9.59 Å². The zero-order chi connectivity index (χ0) is 23.0. The van der Waals surface area contributed by atoms with Gasteiger partial charge in [-0.15, -0.1) is 11.3 Å². The van der Waals surface area contributed by atoms with Crippen LogP contribution in [0.25, 0.3) is 5.76 Å². The Morgan fingerprint density at radius 3 is 2.12 bits per heavy atom. The molecule has 0 saturated carbocycles. The number of carbonyl (C=O) groups excluding carboxylic acids is 2. The molecular weight excluding hydrogens is 426 g/mol. The molecule has 32 heavy (non-hydrogen) atoms. The van der Waals surface area contributed by atoms with Crippen molar-refractivity contribution in [1.82, 2.24) is 0 Å². The maximum Gasteiger partial charge on any atom is 0.300 e. The second-order valence-corrected chi connectivity index (χ2v) is 8.52. The van der Waals surface area contributed by atoms with Crippen molar-refractivity contribution < 1.29 is 24.2 Å². The molecule has 7 heteroatoms. The Labute approximate surface area is 190 Å². The first kappa shape index (κ1) is 21.6. The number of amides is 1. The summed E-state index contributed by atoms with van der Waals surface area (Å²) in [6.07, 6.45) is 0. The van der Waals surface area contributed by atoms with E-state index in [1.165, 1.54) is 30.5 Å². The molecule has 1 amide bonds. The van der Waals surface area contributed by atoms with Gasteiger partial charge in [-0.05, 0) is 30.9 Å². The lowest BCUT2D eigenvalue weighted by atomic mass is 9.98. The topological polar surface area (TPSA) is 76.1 Å².